The van der Waals surface area contributed by atoms with Gasteiger partial charge in [-0.25, -0.2) is 0 Å². The van der Waals surface area contributed by atoms with Crippen LogP contribution in [-0.2, 0) is 16.1 Å². The minimum atomic E-state index is 0.296. The first-order valence-electron chi connectivity index (χ1n) is 10.7. The van der Waals surface area contributed by atoms with Crippen molar-refractivity contribution in [2.75, 3.05) is 39.4 Å². The average molecular weight is 372 g/mol. The average Bonchev–Trinajstić information content (AvgIpc) is 2.70. The number of amides is 1. The summed E-state index contributed by atoms with van der Waals surface area (Å²) in [6.07, 6.45) is 11.5. The maximum Gasteiger partial charge on any atom is 0.222 e. The van der Waals surface area contributed by atoms with E-state index in [0.29, 0.717) is 17.2 Å². The number of hydrogen-bond acceptors (Lipinski definition) is 4. The van der Waals surface area contributed by atoms with Crippen LogP contribution in [-0.4, -0.2) is 60.1 Å². The number of ether oxygens (including phenoxy) is 1. The Balaban J connectivity index is 1.35. The summed E-state index contributed by atoms with van der Waals surface area (Å²) in [5.74, 6) is 0.905. The van der Waals surface area contributed by atoms with Crippen molar-refractivity contribution in [2.45, 2.75) is 51.5 Å². The highest BCUT2D eigenvalue weighted by Crippen LogP contribution is 2.39. The monoisotopic (exact) mass is 371 g/mol. The van der Waals surface area contributed by atoms with Crippen LogP contribution < -0.4 is 0 Å². The van der Waals surface area contributed by atoms with E-state index in [-0.39, 0.29) is 0 Å². The summed E-state index contributed by atoms with van der Waals surface area (Å²) in [7, 11) is 0. The molecule has 1 aromatic rings. The second-order valence-corrected chi connectivity index (χ2v) is 8.85. The number of carbonyl (C=O) groups excluding carboxylic acids is 1. The lowest BCUT2D eigenvalue weighted by Crippen LogP contribution is -2.53. The van der Waals surface area contributed by atoms with Crippen molar-refractivity contribution in [2.24, 2.45) is 11.3 Å². The fraction of sp³-hybridized carbons (Fsp3) is 0.727. The lowest BCUT2D eigenvalue weighted by Gasteiger charge is -2.48. The molecule has 3 aliphatic rings. The maximum atomic E-state index is 12.9. The summed E-state index contributed by atoms with van der Waals surface area (Å²) < 4.78 is 5.44. The van der Waals surface area contributed by atoms with Gasteiger partial charge in [-0.3, -0.25) is 14.7 Å². The molecule has 1 amide bonds. The molecule has 27 heavy (non-hydrogen) atoms. The first-order chi connectivity index (χ1) is 13.2. The highest BCUT2D eigenvalue weighted by atomic mass is 16.5. The Kier molecular flexibility index (Phi) is 6.08. The molecule has 4 heterocycles. The van der Waals surface area contributed by atoms with E-state index in [0.717, 1.165) is 71.6 Å². The molecule has 0 aromatic carbocycles. The summed E-state index contributed by atoms with van der Waals surface area (Å²) in [4.78, 5) is 21.9. The van der Waals surface area contributed by atoms with Gasteiger partial charge in [-0.15, -0.1) is 0 Å². The van der Waals surface area contributed by atoms with Crippen molar-refractivity contribution in [3.63, 3.8) is 0 Å². The first kappa shape index (κ1) is 18.9. The number of piperidine rings is 2. The number of hydrogen-bond donors (Lipinski definition) is 0. The molecule has 0 bridgehead atoms. The van der Waals surface area contributed by atoms with E-state index in [1.54, 1.807) is 0 Å². The Morgan fingerprint density at radius 1 is 1.19 bits per heavy atom. The van der Waals surface area contributed by atoms with Crippen LogP contribution >= 0.6 is 0 Å². The standard InChI is InChI=1S/C22H33N3O2/c26-21(14-19-5-12-27-13-6-19)25-11-3-8-22(18-25)7-2-10-24(17-22)16-20-4-1-9-23-15-20/h1,4,9,15,19H,2-3,5-8,10-14,16-18H2. The van der Waals surface area contributed by atoms with Gasteiger partial charge in [0.1, 0.15) is 0 Å². The molecule has 1 unspecified atom stereocenters. The number of nitrogens with zero attached hydrogens (tertiary/aromatic N) is 3. The molecule has 0 aliphatic carbocycles. The van der Waals surface area contributed by atoms with Gasteiger partial charge in [-0.1, -0.05) is 6.07 Å². The lowest BCUT2D eigenvalue weighted by atomic mass is 9.73. The molecule has 4 rings (SSSR count). The van der Waals surface area contributed by atoms with Crippen molar-refractivity contribution in [3.05, 3.63) is 30.1 Å². The minimum Gasteiger partial charge on any atom is -0.381 e. The van der Waals surface area contributed by atoms with Crippen LogP contribution in [0, 0.1) is 11.3 Å². The smallest absolute Gasteiger partial charge is 0.222 e. The zero-order valence-corrected chi connectivity index (χ0v) is 16.4. The molecule has 148 valence electrons. The van der Waals surface area contributed by atoms with Crippen LogP contribution in [0.15, 0.2) is 24.5 Å². The van der Waals surface area contributed by atoms with E-state index in [4.69, 9.17) is 4.74 Å². The highest BCUT2D eigenvalue weighted by Gasteiger charge is 2.40. The Morgan fingerprint density at radius 3 is 2.78 bits per heavy atom. The quantitative estimate of drug-likeness (QED) is 0.816. The second kappa shape index (κ2) is 8.70. The highest BCUT2D eigenvalue weighted by molar-refractivity contribution is 5.76. The molecule has 5 nitrogen and oxygen atoms in total. The number of likely N-dealkylation sites (tertiary alicyclic amines) is 2. The van der Waals surface area contributed by atoms with Gasteiger partial charge in [0.25, 0.3) is 0 Å². The molecule has 1 atom stereocenters. The molecule has 1 spiro atoms. The Morgan fingerprint density at radius 2 is 2.00 bits per heavy atom. The molecular formula is C22H33N3O2. The minimum absolute atomic E-state index is 0.296. The largest absolute Gasteiger partial charge is 0.381 e. The van der Waals surface area contributed by atoms with Gasteiger partial charge in [0.05, 0.1) is 0 Å². The third kappa shape index (κ3) is 4.88. The van der Waals surface area contributed by atoms with E-state index < -0.39 is 0 Å². The van der Waals surface area contributed by atoms with E-state index in [1.165, 1.54) is 24.8 Å². The van der Waals surface area contributed by atoms with Crippen molar-refractivity contribution >= 4 is 5.91 Å². The molecule has 1 aromatic heterocycles. The molecule has 3 saturated heterocycles. The topological polar surface area (TPSA) is 45.7 Å². The van der Waals surface area contributed by atoms with Crippen LogP contribution in [0.5, 0.6) is 0 Å². The van der Waals surface area contributed by atoms with Gasteiger partial charge < -0.3 is 9.64 Å². The van der Waals surface area contributed by atoms with Crippen molar-refractivity contribution in [1.29, 1.82) is 0 Å². The summed E-state index contributed by atoms with van der Waals surface area (Å²) >= 11 is 0. The number of carbonyl (C=O) groups is 1. The summed E-state index contributed by atoms with van der Waals surface area (Å²) in [6.45, 7) is 6.81. The lowest BCUT2D eigenvalue weighted by molar-refractivity contribution is -0.137. The molecule has 0 radical (unpaired) electrons. The molecule has 3 aliphatic heterocycles. The van der Waals surface area contributed by atoms with E-state index in [9.17, 15) is 4.79 Å². The summed E-state index contributed by atoms with van der Waals surface area (Å²) in [6, 6.07) is 4.19. The summed E-state index contributed by atoms with van der Waals surface area (Å²) in [5.41, 5.74) is 1.59. The molecule has 5 heteroatoms. The molecule has 0 N–H and O–H groups in total. The predicted octanol–water partition coefficient (Wildman–Crippen LogP) is 3.10. The van der Waals surface area contributed by atoms with E-state index in [1.807, 2.05) is 18.5 Å². The van der Waals surface area contributed by atoms with E-state index in [2.05, 4.69) is 20.9 Å². The van der Waals surface area contributed by atoms with Gasteiger partial charge in [0, 0.05) is 63.6 Å². The van der Waals surface area contributed by atoms with Crippen LogP contribution in [0.25, 0.3) is 0 Å². The van der Waals surface area contributed by atoms with Gasteiger partial charge in [0.2, 0.25) is 5.91 Å². The predicted molar refractivity (Wildman–Crippen MR) is 105 cm³/mol. The van der Waals surface area contributed by atoms with Crippen molar-refractivity contribution in [1.82, 2.24) is 14.8 Å². The van der Waals surface area contributed by atoms with Crippen LogP contribution in [0.1, 0.15) is 50.5 Å². The Bertz CT molecular complexity index is 613. The molecular weight excluding hydrogens is 338 g/mol. The fourth-order valence-corrected chi connectivity index (χ4v) is 5.28. The molecule has 0 saturated carbocycles. The van der Waals surface area contributed by atoms with Crippen molar-refractivity contribution in [3.8, 4) is 0 Å². The zero-order chi connectivity index (χ0) is 18.5. The number of pyridine rings is 1. The number of rotatable bonds is 4. The van der Waals surface area contributed by atoms with Crippen molar-refractivity contribution < 1.29 is 9.53 Å². The first-order valence-corrected chi connectivity index (χ1v) is 10.7. The second-order valence-electron chi connectivity index (χ2n) is 8.85. The van der Waals surface area contributed by atoms with E-state index >= 15 is 0 Å². The Hall–Kier alpha value is -1.46. The zero-order valence-electron chi connectivity index (χ0n) is 16.4. The normalized spacial score (nSPS) is 27.8. The fourth-order valence-electron chi connectivity index (χ4n) is 5.28. The Labute approximate surface area is 163 Å². The molecule has 3 fully saturated rings. The SMILES string of the molecule is O=C(CC1CCOCC1)N1CCCC2(CCCN(Cc3cccnc3)C2)C1. The van der Waals surface area contributed by atoms with Gasteiger partial charge >= 0.3 is 0 Å². The van der Waals surface area contributed by atoms with Crippen LogP contribution in [0.3, 0.4) is 0 Å². The van der Waals surface area contributed by atoms with Gasteiger partial charge in [0.15, 0.2) is 0 Å². The van der Waals surface area contributed by atoms with Gasteiger partial charge in [-0.2, -0.15) is 0 Å². The van der Waals surface area contributed by atoms with Crippen LogP contribution in [0.4, 0.5) is 0 Å². The third-order valence-corrected chi connectivity index (χ3v) is 6.69. The van der Waals surface area contributed by atoms with Gasteiger partial charge in [-0.05, 0) is 62.6 Å². The van der Waals surface area contributed by atoms with Crippen LogP contribution in [0.2, 0.25) is 0 Å². The summed E-state index contributed by atoms with van der Waals surface area (Å²) in [5, 5.41) is 0. The number of aromatic nitrogens is 1. The third-order valence-electron chi connectivity index (χ3n) is 6.69. The maximum absolute atomic E-state index is 12.9.